The fourth-order valence-corrected chi connectivity index (χ4v) is 2.03. The quantitative estimate of drug-likeness (QED) is 0.852. The van der Waals surface area contributed by atoms with Crippen molar-refractivity contribution in [2.75, 3.05) is 7.11 Å². The summed E-state index contributed by atoms with van der Waals surface area (Å²) in [7, 11) is 1.54. The van der Waals surface area contributed by atoms with Gasteiger partial charge in [0.15, 0.2) is 11.5 Å². The summed E-state index contributed by atoms with van der Waals surface area (Å²) < 4.78 is 5.12. The fourth-order valence-electron chi connectivity index (χ4n) is 2.03. The molecule has 17 heavy (non-hydrogen) atoms. The maximum absolute atomic E-state index is 9.85. The van der Waals surface area contributed by atoms with Crippen LogP contribution in [0.4, 0.5) is 0 Å². The van der Waals surface area contributed by atoms with Crippen molar-refractivity contribution >= 4 is 11.9 Å². The van der Waals surface area contributed by atoms with Gasteiger partial charge in [0.2, 0.25) is 0 Å². The summed E-state index contributed by atoms with van der Waals surface area (Å²) in [4.78, 5) is 0. The van der Waals surface area contributed by atoms with Crippen LogP contribution in [0.5, 0.6) is 11.5 Å². The van der Waals surface area contributed by atoms with Crippen LogP contribution in [0.1, 0.15) is 37.3 Å². The molecule has 1 unspecified atom stereocenters. The van der Waals surface area contributed by atoms with Gasteiger partial charge in [-0.05, 0) is 31.0 Å². The average molecular weight is 232 g/mol. The monoisotopic (exact) mass is 232 g/mol. The zero-order chi connectivity index (χ0) is 12.4. The van der Waals surface area contributed by atoms with E-state index in [1.54, 1.807) is 13.2 Å². The van der Waals surface area contributed by atoms with Gasteiger partial charge < -0.3 is 9.84 Å². The van der Waals surface area contributed by atoms with Crippen LogP contribution in [-0.2, 0) is 0 Å². The largest absolute Gasteiger partial charge is 0.504 e. The third-order valence-corrected chi connectivity index (χ3v) is 3.03. The molecule has 0 radical (unpaired) electrons. The molecule has 1 aromatic rings. The summed E-state index contributed by atoms with van der Waals surface area (Å²) in [5.74, 6) is 0.811. The highest BCUT2D eigenvalue weighted by Gasteiger charge is 2.19. The Morgan fingerprint density at radius 3 is 2.82 bits per heavy atom. The van der Waals surface area contributed by atoms with E-state index in [2.05, 4.69) is 17.1 Å². The molecule has 4 nitrogen and oxygen atoms in total. The van der Waals surface area contributed by atoms with Crippen LogP contribution in [0.3, 0.4) is 0 Å². The number of hydrogen-bond donors (Lipinski definition) is 1. The SMILES string of the molecule is CCC1C=NN=C(C)c2cc(OC)c(O)cc21. The molecule has 0 saturated heterocycles. The molecule has 0 aliphatic carbocycles. The first-order valence-electron chi connectivity index (χ1n) is 5.66. The van der Waals surface area contributed by atoms with Crippen molar-refractivity contribution in [3.8, 4) is 11.5 Å². The summed E-state index contributed by atoms with van der Waals surface area (Å²) in [6.07, 6.45) is 2.74. The number of ether oxygens (including phenoxy) is 1. The highest BCUT2D eigenvalue weighted by Crippen LogP contribution is 2.34. The second-order valence-corrected chi connectivity index (χ2v) is 4.08. The Balaban J connectivity index is 2.63. The molecule has 1 atom stereocenters. The minimum atomic E-state index is 0.160. The molecule has 0 aromatic heterocycles. The Morgan fingerprint density at radius 1 is 1.41 bits per heavy atom. The lowest BCUT2D eigenvalue weighted by Gasteiger charge is -2.15. The Kier molecular flexibility index (Phi) is 3.13. The van der Waals surface area contributed by atoms with E-state index in [9.17, 15) is 5.11 Å². The molecule has 1 N–H and O–H groups in total. The number of fused-ring (bicyclic) bond motifs is 1. The molecular weight excluding hydrogens is 216 g/mol. The Hall–Kier alpha value is -1.84. The summed E-state index contributed by atoms with van der Waals surface area (Å²) in [6.45, 7) is 3.99. The van der Waals surface area contributed by atoms with Gasteiger partial charge in [-0.1, -0.05) is 6.92 Å². The third-order valence-electron chi connectivity index (χ3n) is 3.03. The first-order chi connectivity index (χ1) is 8.17. The van der Waals surface area contributed by atoms with Crippen molar-refractivity contribution in [3.63, 3.8) is 0 Å². The molecule has 1 aliphatic heterocycles. The molecule has 2 rings (SSSR count). The number of hydrogen-bond acceptors (Lipinski definition) is 4. The van der Waals surface area contributed by atoms with Gasteiger partial charge in [0, 0.05) is 17.7 Å². The second kappa shape index (κ2) is 4.57. The lowest BCUT2D eigenvalue weighted by molar-refractivity contribution is 0.373. The fraction of sp³-hybridized carbons (Fsp3) is 0.385. The van der Waals surface area contributed by atoms with Crippen molar-refractivity contribution < 1.29 is 9.84 Å². The summed E-state index contributed by atoms with van der Waals surface area (Å²) in [5, 5.41) is 18.0. The third kappa shape index (κ3) is 2.02. The molecule has 4 heteroatoms. The highest BCUT2D eigenvalue weighted by atomic mass is 16.5. The maximum atomic E-state index is 9.85. The molecule has 0 spiro atoms. The van der Waals surface area contributed by atoms with E-state index in [0.29, 0.717) is 5.75 Å². The number of nitrogens with zero attached hydrogens (tertiary/aromatic N) is 2. The molecule has 0 saturated carbocycles. The summed E-state index contributed by atoms with van der Waals surface area (Å²) in [5.41, 5.74) is 2.88. The number of phenols is 1. The van der Waals surface area contributed by atoms with Crippen LogP contribution in [0.25, 0.3) is 0 Å². The normalized spacial score (nSPS) is 18.3. The molecule has 0 bridgehead atoms. The second-order valence-electron chi connectivity index (χ2n) is 4.08. The van der Waals surface area contributed by atoms with Crippen molar-refractivity contribution in [2.45, 2.75) is 26.2 Å². The Bertz CT molecular complexity index is 492. The van der Waals surface area contributed by atoms with E-state index in [1.165, 1.54) is 0 Å². The van der Waals surface area contributed by atoms with Gasteiger partial charge >= 0.3 is 0 Å². The van der Waals surface area contributed by atoms with E-state index in [0.717, 1.165) is 23.3 Å². The zero-order valence-electron chi connectivity index (χ0n) is 10.3. The number of rotatable bonds is 2. The van der Waals surface area contributed by atoms with Gasteiger partial charge in [-0.25, -0.2) is 0 Å². The van der Waals surface area contributed by atoms with Crippen LogP contribution in [0.15, 0.2) is 22.3 Å². The van der Waals surface area contributed by atoms with Crippen molar-refractivity contribution in [1.29, 1.82) is 0 Å². The lowest BCUT2D eigenvalue weighted by Crippen LogP contribution is -2.05. The maximum Gasteiger partial charge on any atom is 0.161 e. The summed E-state index contributed by atoms with van der Waals surface area (Å²) >= 11 is 0. The van der Waals surface area contributed by atoms with E-state index < -0.39 is 0 Å². The van der Waals surface area contributed by atoms with E-state index in [4.69, 9.17) is 4.74 Å². The molecule has 1 aliphatic rings. The molecular formula is C13H16N2O2. The van der Waals surface area contributed by atoms with E-state index >= 15 is 0 Å². The lowest BCUT2D eigenvalue weighted by atomic mass is 9.91. The molecule has 1 heterocycles. The first kappa shape index (κ1) is 11.6. The summed E-state index contributed by atoms with van der Waals surface area (Å²) in [6, 6.07) is 3.57. The number of phenolic OH excluding ortho intramolecular Hbond substituents is 1. The van der Waals surface area contributed by atoms with Gasteiger partial charge in [-0.15, -0.1) is 0 Å². The molecule has 1 aromatic carbocycles. The van der Waals surface area contributed by atoms with E-state index in [1.807, 2.05) is 19.2 Å². The molecule has 90 valence electrons. The average Bonchev–Trinajstić information content (AvgIpc) is 2.48. The van der Waals surface area contributed by atoms with Crippen molar-refractivity contribution in [1.82, 2.24) is 0 Å². The van der Waals surface area contributed by atoms with Gasteiger partial charge in [0.25, 0.3) is 0 Å². The van der Waals surface area contributed by atoms with Crippen LogP contribution in [0.2, 0.25) is 0 Å². The standard InChI is InChI=1S/C13H16N2O2/c1-4-9-7-14-15-8(2)10-6-13(17-3)12(16)5-11(9)10/h5-7,9,16H,4H2,1-3H3. The topological polar surface area (TPSA) is 54.2 Å². The smallest absolute Gasteiger partial charge is 0.161 e. The van der Waals surface area contributed by atoms with Crippen LogP contribution in [-0.4, -0.2) is 24.1 Å². The minimum absolute atomic E-state index is 0.160. The van der Waals surface area contributed by atoms with Crippen LogP contribution < -0.4 is 4.74 Å². The Morgan fingerprint density at radius 2 is 2.18 bits per heavy atom. The Labute approximate surface area is 101 Å². The minimum Gasteiger partial charge on any atom is -0.504 e. The predicted molar refractivity (Wildman–Crippen MR) is 68.4 cm³/mol. The van der Waals surface area contributed by atoms with Gasteiger partial charge in [0.1, 0.15) is 0 Å². The van der Waals surface area contributed by atoms with Gasteiger partial charge in [-0.3, -0.25) is 0 Å². The van der Waals surface area contributed by atoms with Crippen molar-refractivity contribution in [3.05, 3.63) is 23.3 Å². The molecule has 0 fully saturated rings. The number of aromatic hydroxyl groups is 1. The van der Waals surface area contributed by atoms with E-state index in [-0.39, 0.29) is 11.7 Å². The number of benzene rings is 1. The zero-order valence-corrected chi connectivity index (χ0v) is 10.3. The predicted octanol–water partition coefficient (Wildman–Crippen LogP) is 2.70. The first-order valence-corrected chi connectivity index (χ1v) is 5.66. The van der Waals surface area contributed by atoms with Crippen molar-refractivity contribution in [2.24, 2.45) is 10.2 Å². The molecule has 0 amide bonds. The van der Waals surface area contributed by atoms with Gasteiger partial charge in [-0.2, -0.15) is 10.2 Å². The van der Waals surface area contributed by atoms with Crippen LogP contribution >= 0.6 is 0 Å². The highest BCUT2D eigenvalue weighted by molar-refractivity contribution is 6.02. The van der Waals surface area contributed by atoms with Gasteiger partial charge in [0.05, 0.1) is 12.8 Å². The number of methoxy groups -OCH3 is 1. The van der Waals surface area contributed by atoms with Crippen LogP contribution in [0, 0.1) is 0 Å².